The predicted octanol–water partition coefficient (Wildman–Crippen LogP) is -0.269. The van der Waals surface area contributed by atoms with E-state index in [0.29, 0.717) is 13.0 Å². The van der Waals surface area contributed by atoms with E-state index in [1.165, 1.54) is 4.90 Å². The van der Waals surface area contributed by atoms with Crippen LogP contribution in [0.15, 0.2) is 0 Å². The molecule has 1 atom stereocenters. The molecule has 2 N–H and O–H groups in total. The fraction of sp³-hybridized carbons (Fsp3) is 0.800. The van der Waals surface area contributed by atoms with Gasteiger partial charge < -0.3 is 15.1 Å². The first kappa shape index (κ1) is 6.35. The Bertz CT molecular complexity index is 125. The average molecular weight is 131 g/mol. The second-order valence-corrected chi connectivity index (χ2v) is 2.17. The molecule has 0 aromatic heterocycles. The molecule has 1 fully saturated rings. The van der Waals surface area contributed by atoms with Crippen LogP contribution in [0.3, 0.4) is 0 Å². The molecule has 0 aliphatic carbocycles. The topological polar surface area (TPSA) is 60.8 Å². The predicted molar refractivity (Wildman–Crippen MR) is 30.2 cm³/mol. The molecule has 1 rings (SSSR count). The van der Waals surface area contributed by atoms with Gasteiger partial charge in [-0.2, -0.15) is 0 Å². The molecule has 1 aliphatic rings. The first-order valence-electron chi connectivity index (χ1n) is 2.86. The van der Waals surface area contributed by atoms with Crippen LogP contribution in [-0.2, 0) is 0 Å². The Labute approximate surface area is 52.7 Å². The van der Waals surface area contributed by atoms with Crippen LogP contribution in [0.1, 0.15) is 6.42 Å². The van der Waals surface area contributed by atoms with Gasteiger partial charge >= 0.3 is 6.09 Å². The van der Waals surface area contributed by atoms with Gasteiger partial charge in [0.2, 0.25) is 0 Å². The van der Waals surface area contributed by atoms with Crippen LogP contribution in [0.4, 0.5) is 4.79 Å². The molecule has 1 heterocycles. The zero-order chi connectivity index (χ0) is 6.85. The molecular formula is C5H9NO3. The standard InChI is InChI=1S/C5H9NO3/c7-4-1-2-6(3-4)5(8)9/h4,7H,1-3H2,(H,8,9)/t4-/m0/s1. The van der Waals surface area contributed by atoms with Gasteiger partial charge in [0.15, 0.2) is 0 Å². The minimum absolute atomic E-state index is 0.273. The third-order valence-corrected chi connectivity index (χ3v) is 1.43. The summed E-state index contributed by atoms with van der Waals surface area (Å²) in [6, 6.07) is 0. The van der Waals surface area contributed by atoms with Crippen molar-refractivity contribution in [2.24, 2.45) is 0 Å². The summed E-state index contributed by atoms with van der Waals surface area (Å²) in [6.45, 7) is 0.742. The van der Waals surface area contributed by atoms with Gasteiger partial charge in [-0.1, -0.05) is 0 Å². The van der Waals surface area contributed by atoms with Crippen LogP contribution >= 0.6 is 0 Å². The molecule has 4 heteroatoms. The van der Waals surface area contributed by atoms with Crippen molar-refractivity contribution in [3.8, 4) is 0 Å². The van der Waals surface area contributed by atoms with Gasteiger partial charge in [-0.25, -0.2) is 4.79 Å². The number of hydrogen-bond donors (Lipinski definition) is 2. The summed E-state index contributed by atoms with van der Waals surface area (Å²) >= 11 is 0. The monoisotopic (exact) mass is 131 g/mol. The lowest BCUT2D eigenvalue weighted by Crippen LogP contribution is -2.27. The Kier molecular flexibility index (Phi) is 1.57. The van der Waals surface area contributed by atoms with E-state index in [-0.39, 0.29) is 6.54 Å². The minimum atomic E-state index is -0.938. The van der Waals surface area contributed by atoms with Gasteiger partial charge in [0, 0.05) is 13.1 Å². The van der Waals surface area contributed by atoms with Crippen LogP contribution in [0.2, 0.25) is 0 Å². The van der Waals surface area contributed by atoms with Gasteiger partial charge in [-0.3, -0.25) is 0 Å². The highest BCUT2D eigenvalue weighted by molar-refractivity contribution is 5.65. The largest absolute Gasteiger partial charge is 0.465 e. The zero-order valence-electron chi connectivity index (χ0n) is 4.95. The molecule has 0 aromatic rings. The molecular weight excluding hydrogens is 122 g/mol. The van der Waals surface area contributed by atoms with Crippen molar-refractivity contribution in [1.29, 1.82) is 0 Å². The van der Waals surface area contributed by atoms with Crippen molar-refractivity contribution in [2.45, 2.75) is 12.5 Å². The molecule has 0 spiro atoms. The fourth-order valence-electron chi connectivity index (χ4n) is 0.916. The summed E-state index contributed by atoms with van der Waals surface area (Å²) in [5, 5.41) is 17.2. The maximum absolute atomic E-state index is 10.2. The van der Waals surface area contributed by atoms with Crippen LogP contribution in [-0.4, -0.2) is 40.4 Å². The van der Waals surface area contributed by atoms with E-state index in [0.717, 1.165) is 0 Å². The Morgan fingerprint density at radius 2 is 2.33 bits per heavy atom. The van der Waals surface area contributed by atoms with E-state index in [9.17, 15) is 4.79 Å². The third-order valence-electron chi connectivity index (χ3n) is 1.43. The number of nitrogens with zero attached hydrogens (tertiary/aromatic N) is 1. The van der Waals surface area contributed by atoms with E-state index in [1.54, 1.807) is 0 Å². The van der Waals surface area contributed by atoms with Crippen molar-refractivity contribution in [3.05, 3.63) is 0 Å². The summed E-state index contributed by atoms with van der Waals surface area (Å²) < 4.78 is 0. The van der Waals surface area contributed by atoms with Gasteiger partial charge in [0.1, 0.15) is 0 Å². The lowest BCUT2D eigenvalue weighted by molar-refractivity contribution is 0.140. The van der Waals surface area contributed by atoms with Crippen molar-refractivity contribution < 1.29 is 15.0 Å². The lowest BCUT2D eigenvalue weighted by Gasteiger charge is -2.08. The van der Waals surface area contributed by atoms with Gasteiger partial charge in [-0.05, 0) is 6.42 Å². The van der Waals surface area contributed by atoms with Crippen LogP contribution in [0, 0.1) is 0 Å². The zero-order valence-corrected chi connectivity index (χ0v) is 4.95. The van der Waals surface area contributed by atoms with Gasteiger partial charge in [0.05, 0.1) is 6.10 Å². The summed E-state index contributed by atoms with van der Waals surface area (Å²) in [6.07, 6.45) is -0.806. The molecule has 1 saturated heterocycles. The molecule has 1 amide bonds. The molecule has 9 heavy (non-hydrogen) atoms. The van der Waals surface area contributed by atoms with E-state index >= 15 is 0 Å². The van der Waals surface area contributed by atoms with Crippen molar-refractivity contribution in [1.82, 2.24) is 4.90 Å². The SMILES string of the molecule is O=C(O)N1CC[C@H](O)C1. The molecule has 0 unspecified atom stereocenters. The maximum Gasteiger partial charge on any atom is 0.407 e. The van der Waals surface area contributed by atoms with Gasteiger partial charge in [0.25, 0.3) is 0 Å². The summed E-state index contributed by atoms with van der Waals surface area (Å²) in [7, 11) is 0. The van der Waals surface area contributed by atoms with E-state index < -0.39 is 12.2 Å². The second kappa shape index (κ2) is 2.23. The molecule has 4 nitrogen and oxygen atoms in total. The smallest absolute Gasteiger partial charge is 0.407 e. The fourth-order valence-corrected chi connectivity index (χ4v) is 0.916. The number of β-amino-alcohol motifs (C(OH)–C–C–N with tert-alkyl or cyclic N) is 1. The highest BCUT2D eigenvalue weighted by atomic mass is 16.4. The Balaban J connectivity index is 2.39. The number of amides is 1. The summed E-state index contributed by atoms with van der Waals surface area (Å²) in [4.78, 5) is 11.4. The number of carboxylic acid groups (broad SMARTS) is 1. The number of hydrogen-bond acceptors (Lipinski definition) is 2. The average Bonchev–Trinajstić information content (AvgIpc) is 2.14. The Morgan fingerprint density at radius 1 is 1.67 bits per heavy atom. The number of likely N-dealkylation sites (tertiary alicyclic amines) is 1. The lowest BCUT2D eigenvalue weighted by atomic mass is 10.3. The van der Waals surface area contributed by atoms with Crippen molar-refractivity contribution in [3.63, 3.8) is 0 Å². The van der Waals surface area contributed by atoms with E-state index in [4.69, 9.17) is 10.2 Å². The first-order valence-corrected chi connectivity index (χ1v) is 2.86. The van der Waals surface area contributed by atoms with E-state index in [1.807, 2.05) is 0 Å². The molecule has 0 aromatic carbocycles. The summed E-state index contributed by atoms with van der Waals surface area (Å²) in [5.74, 6) is 0. The first-order chi connectivity index (χ1) is 4.20. The maximum atomic E-state index is 10.2. The molecule has 0 radical (unpaired) electrons. The van der Waals surface area contributed by atoms with E-state index in [2.05, 4.69) is 0 Å². The Hall–Kier alpha value is -0.770. The van der Waals surface area contributed by atoms with Crippen molar-refractivity contribution in [2.75, 3.05) is 13.1 Å². The highest BCUT2D eigenvalue weighted by Crippen LogP contribution is 2.07. The normalized spacial score (nSPS) is 26.8. The molecule has 0 bridgehead atoms. The highest BCUT2D eigenvalue weighted by Gasteiger charge is 2.23. The van der Waals surface area contributed by atoms with Crippen LogP contribution in [0.25, 0.3) is 0 Å². The molecule has 0 saturated carbocycles. The summed E-state index contributed by atoms with van der Waals surface area (Å²) in [5.41, 5.74) is 0. The van der Waals surface area contributed by atoms with Crippen LogP contribution < -0.4 is 0 Å². The quantitative estimate of drug-likeness (QED) is 0.475. The second-order valence-electron chi connectivity index (χ2n) is 2.17. The Morgan fingerprint density at radius 3 is 2.56 bits per heavy atom. The molecule has 52 valence electrons. The number of aliphatic hydroxyl groups excluding tert-OH is 1. The number of rotatable bonds is 0. The van der Waals surface area contributed by atoms with Crippen LogP contribution in [0.5, 0.6) is 0 Å². The molecule has 1 aliphatic heterocycles. The third kappa shape index (κ3) is 1.32. The van der Waals surface area contributed by atoms with Crippen molar-refractivity contribution >= 4 is 6.09 Å². The number of carbonyl (C=O) groups is 1. The number of aliphatic hydroxyl groups is 1. The van der Waals surface area contributed by atoms with Gasteiger partial charge in [-0.15, -0.1) is 0 Å². The minimum Gasteiger partial charge on any atom is -0.465 e.